The fourth-order valence-corrected chi connectivity index (χ4v) is 3.50. The van der Waals surface area contributed by atoms with Gasteiger partial charge in [-0.2, -0.15) is 5.10 Å². The molecule has 0 unspecified atom stereocenters. The molecule has 8 nitrogen and oxygen atoms in total. The lowest BCUT2D eigenvalue weighted by Crippen LogP contribution is -2.47. The molecule has 166 valence electrons. The molecule has 1 saturated heterocycles. The Bertz CT molecular complexity index is 770. The van der Waals surface area contributed by atoms with Crippen molar-refractivity contribution in [2.75, 3.05) is 58.3 Å². The highest BCUT2D eigenvalue weighted by molar-refractivity contribution is 14.0. The number of nitrogens with zero attached hydrogens (tertiary/aromatic N) is 5. The van der Waals surface area contributed by atoms with Gasteiger partial charge in [-0.25, -0.2) is 0 Å². The van der Waals surface area contributed by atoms with Crippen LogP contribution in [0.3, 0.4) is 0 Å². The number of hydrogen-bond acceptors (Lipinski definition) is 5. The highest BCUT2D eigenvalue weighted by Gasteiger charge is 2.16. The Labute approximate surface area is 196 Å². The molecule has 0 amide bonds. The number of rotatable bonds is 8. The number of nitrogens with one attached hydrogen (secondary N) is 2. The first kappa shape index (κ1) is 24.3. The monoisotopic (exact) mass is 527 g/mol. The number of aliphatic imine (C=N–C) groups is 1. The highest BCUT2D eigenvalue weighted by Crippen LogP contribution is 2.20. The van der Waals surface area contributed by atoms with Crippen LogP contribution in [0.25, 0.3) is 0 Å². The summed E-state index contributed by atoms with van der Waals surface area (Å²) in [5.74, 6) is 1.74. The van der Waals surface area contributed by atoms with Crippen molar-refractivity contribution in [2.45, 2.75) is 13.0 Å². The van der Waals surface area contributed by atoms with Gasteiger partial charge in [0.05, 0.1) is 19.3 Å². The van der Waals surface area contributed by atoms with Gasteiger partial charge in [-0.05, 0) is 43.3 Å². The number of benzene rings is 1. The second-order valence-corrected chi connectivity index (χ2v) is 7.18. The smallest absolute Gasteiger partial charge is 0.191 e. The zero-order valence-electron chi connectivity index (χ0n) is 18.2. The van der Waals surface area contributed by atoms with Gasteiger partial charge in [0.25, 0.3) is 0 Å². The van der Waals surface area contributed by atoms with Gasteiger partial charge < -0.3 is 20.3 Å². The van der Waals surface area contributed by atoms with E-state index in [9.17, 15) is 0 Å². The Morgan fingerprint density at radius 3 is 2.43 bits per heavy atom. The summed E-state index contributed by atoms with van der Waals surface area (Å²) in [5, 5.41) is 10.9. The largest absolute Gasteiger partial charge is 0.497 e. The van der Waals surface area contributed by atoms with Gasteiger partial charge in [0.2, 0.25) is 0 Å². The van der Waals surface area contributed by atoms with Crippen LogP contribution in [0.1, 0.15) is 12.1 Å². The molecule has 1 aliphatic heterocycles. The maximum absolute atomic E-state index is 5.24. The molecule has 0 atom stereocenters. The summed E-state index contributed by atoms with van der Waals surface area (Å²) in [6.07, 6.45) is 2.90. The fourth-order valence-electron chi connectivity index (χ4n) is 3.50. The minimum Gasteiger partial charge on any atom is -0.497 e. The number of aromatic nitrogens is 2. The van der Waals surface area contributed by atoms with Gasteiger partial charge in [-0.15, -0.1) is 24.0 Å². The van der Waals surface area contributed by atoms with Crippen LogP contribution in [-0.2, 0) is 13.6 Å². The molecular formula is C21H34IN7O. The second-order valence-electron chi connectivity index (χ2n) is 7.18. The van der Waals surface area contributed by atoms with E-state index < -0.39 is 0 Å². The van der Waals surface area contributed by atoms with Crippen LogP contribution in [0.15, 0.2) is 41.5 Å². The number of anilines is 1. The molecule has 1 aliphatic rings. The summed E-state index contributed by atoms with van der Waals surface area (Å²) < 4.78 is 7.11. The third-order valence-electron chi connectivity index (χ3n) is 5.34. The molecule has 30 heavy (non-hydrogen) atoms. The number of guanidine groups is 1. The van der Waals surface area contributed by atoms with Crippen LogP contribution in [0.2, 0.25) is 0 Å². The summed E-state index contributed by atoms with van der Waals surface area (Å²) in [4.78, 5) is 9.27. The quantitative estimate of drug-likeness (QED) is 0.237. The number of aryl methyl sites for hydroxylation is 1. The standard InChI is InChI=1S/C21H33N7O.HI/c1-22-21(24-17-19-9-11-25-26(19)2)23-10-4-12-27-13-15-28(16-14-27)18-5-7-20(29-3)8-6-18;/h5-9,11H,4,10,12-17H2,1-3H3,(H2,22,23,24);1H. The van der Waals surface area contributed by atoms with Gasteiger partial charge in [0.1, 0.15) is 5.75 Å². The topological polar surface area (TPSA) is 70.0 Å². The second kappa shape index (κ2) is 12.6. The van der Waals surface area contributed by atoms with E-state index >= 15 is 0 Å². The SMILES string of the molecule is CN=C(NCCCN1CCN(c2ccc(OC)cc2)CC1)NCc1ccnn1C.I. The molecule has 9 heteroatoms. The average molecular weight is 527 g/mol. The van der Waals surface area contributed by atoms with Gasteiger partial charge in [0, 0.05) is 58.7 Å². The fraction of sp³-hybridized carbons (Fsp3) is 0.524. The van der Waals surface area contributed by atoms with E-state index in [0.717, 1.165) is 63.1 Å². The zero-order chi connectivity index (χ0) is 20.5. The first-order chi connectivity index (χ1) is 14.2. The Morgan fingerprint density at radius 2 is 1.83 bits per heavy atom. The molecule has 1 aromatic carbocycles. The zero-order valence-corrected chi connectivity index (χ0v) is 20.5. The molecule has 1 fully saturated rings. The summed E-state index contributed by atoms with van der Waals surface area (Å²) >= 11 is 0. The van der Waals surface area contributed by atoms with Crippen LogP contribution in [0.5, 0.6) is 5.75 Å². The van der Waals surface area contributed by atoms with Gasteiger partial charge >= 0.3 is 0 Å². The van der Waals surface area contributed by atoms with Crippen molar-refractivity contribution >= 4 is 35.6 Å². The van der Waals surface area contributed by atoms with Crippen molar-refractivity contribution < 1.29 is 4.74 Å². The molecule has 0 spiro atoms. The predicted octanol–water partition coefficient (Wildman–Crippen LogP) is 1.92. The lowest BCUT2D eigenvalue weighted by atomic mass is 10.2. The first-order valence-corrected chi connectivity index (χ1v) is 10.2. The van der Waals surface area contributed by atoms with Crippen molar-refractivity contribution in [3.05, 3.63) is 42.2 Å². The van der Waals surface area contributed by atoms with E-state index in [1.165, 1.54) is 5.69 Å². The molecule has 3 rings (SSSR count). The molecule has 0 radical (unpaired) electrons. The molecular weight excluding hydrogens is 493 g/mol. The number of halogens is 1. The third kappa shape index (κ3) is 7.05. The Balaban J connectivity index is 0.00000320. The van der Waals surface area contributed by atoms with Crippen LogP contribution in [-0.4, -0.2) is 74.1 Å². The highest BCUT2D eigenvalue weighted by atomic mass is 127. The summed E-state index contributed by atoms with van der Waals surface area (Å²) in [5.41, 5.74) is 2.40. The minimum absolute atomic E-state index is 0. The molecule has 0 saturated carbocycles. The summed E-state index contributed by atoms with van der Waals surface area (Å²) in [7, 11) is 5.45. The average Bonchev–Trinajstić information content (AvgIpc) is 3.18. The van der Waals surface area contributed by atoms with Crippen molar-refractivity contribution in [2.24, 2.45) is 12.0 Å². The van der Waals surface area contributed by atoms with E-state index in [1.807, 2.05) is 36.1 Å². The van der Waals surface area contributed by atoms with Crippen LogP contribution >= 0.6 is 24.0 Å². The van der Waals surface area contributed by atoms with Crippen molar-refractivity contribution in [1.82, 2.24) is 25.3 Å². The van der Waals surface area contributed by atoms with Gasteiger partial charge in [0.15, 0.2) is 5.96 Å². The van der Waals surface area contributed by atoms with E-state index in [0.29, 0.717) is 6.54 Å². The van der Waals surface area contributed by atoms with E-state index in [1.54, 1.807) is 14.2 Å². The predicted molar refractivity (Wildman–Crippen MR) is 133 cm³/mol. The lowest BCUT2D eigenvalue weighted by Gasteiger charge is -2.36. The maximum Gasteiger partial charge on any atom is 0.191 e. The molecule has 2 aromatic rings. The van der Waals surface area contributed by atoms with Crippen molar-refractivity contribution in [3.63, 3.8) is 0 Å². The normalized spacial score (nSPS) is 14.9. The van der Waals surface area contributed by atoms with Crippen LogP contribution < -0.4 is 20.3 Å². The number of piperazine rings is 1. The summed E-state index contributed by atoms with van der Waals surface area (Å²) in [6.45, 7) is 7.04. The Kier molecular flexibility index (Phi) is 10.2. The molecule has 0 bridgehead atoms. The van der Waals surface area contributed by atoms with Gasteiger partial charge in [-0.1, -0.05) is 0 Å². The van der Waals surface area contributed by atoms with Gasteiger partial charge in [-0.3, -0.25) is 14.6 Å². The third-order valence-corrected chi connectivity index (χ3v) is 5.34. The number of ether oxygens (including phenoxy) is 1. The van der Waals surface area contributed by atoms with E-state index in [2.05, 4.69) is 42.7 Å². The minimum atomic E-state index is 0. The van der Waals surface area contributed by atoms with E-state index in [-0.39, 0.29) is 24.0 Å². The van der Waals surface area contributed by atoms with Crippen LogP contribution in [0.4, 0.5) is 5.69 Å². The Hall–Kier alpha value is -2.01. The maximum atomic E-state index is 5.24. The summed E-state index contributed by atoms with van der Waals surface area (Å²) in [6, 6.07) is 10.3. The molecule has 0 aliphatic carbocycles. The molecule has 1 aromatic heterocycles. The molecule has 2 N–H and O–H groups in total. The Morgan fingerprint density at radius 1 is 1.10 bits per heavy atom. The number of hydrogen-bond donors (Lipinski definition) is 2. The lowest BCUT2D eigenvalue weighted by molar-refractivity contribution is 0.255. The first-order valence-electron chi connectivity index (χ1n) is 10.2. The van der Waals surface area contributed by atoms with Crippen molar-refractivity contribution in [1.29, 1.82) is 0 Å². The van der Waals surface area contributed by atoms with Crippen LogP contribution in [0, 0.1) is 0 Å². The molecule has 2 heterocycles. The van der Waals surface area contributed by atoms with Crippen molar-refractivity contribution in [3.8, 4) is 5.75 Å². The van der Waals surface area contributed by atoms with E-state index in [4.69, 9.17) is 4.74 Å². The number of methoxy groups -OCH3 is 1.